The molecule has 1 unspecified atom stereocenters. The topological polar surface area (TPSA) is 83.9 Å². The number of benzene rings is 1. The third kappa shape index (κ3) is 5.24. The van der Waals surface area contributed by atoms with Crippen molar-refractivity contribution in [1.29, 1.82) is 0 Å². The molecular weight excluding hydrogens is 480 g/mol. The van der Waals surface area contributed by atoms with E-state index in [0.29, 0.717) is 30.8 Å². The van der Waals surface area contributed by atoms with E-state index in [1.54, 1.807) is 36.0 Å². The number of piperidine rings is 1. The normalized spacial score (nSPS) is 31.3. The summed E-state index contributed by atoms with van der Waals surface area (Å²) in [5, 5.41) is 1.05. The van der Waals surface area contributed by atoms with E-state index in [1.165, 1.54) is 31.9 Å². The minimum Gasteiger partial charge on any atom is -0.343 e. The SMILES string of the molecule is CC1(C2CCN(C(=O)CCc3ccc(S(C)(=O)=O)cc3)CC2)SC(C[C@H]2C[C@@H]3CC[C@H]2C3)=NC1=O. The highest BCUT2D eigenvalue weighted by atomic mass is 32.2. The fourth-order valence-electron chi connectivity index (χ4n) is 6.72. The van der Waals surface area contributed by atoms with E-state index < -0.39 is 14.6 Å². The number of rotatable bonds is 7. The summed E-state index contributed by atoms with van der Waals surface area (Å²) < 4.78 is 22.7. The zero-order valence-corrected chi connectivity index (χ0v) is 22.4. The maximum atomic E-state index is 13.0. The number of aliphatic imine (C=N–C) groups is 1. The number of fused-ring (bicyclic) bond motifs is 2. The summed E-state index contributed by atoms with van der Waals surface area (Å²) in [5.74, 6) is 2.87. The van der Waals surface area contributed by atoms with Gasteiger partial charge in [-0.1, -0.05) is 30.3 Å². The van der Waals surface area contributed by atoms with Crippen LogP contribution in [-0.4, -0.2) is 54.3 Å². The van der Waals surface area contributed by atoms with Gasteiger partial charge in [0.05, 0.1) is 9.94 Å². The molecule has 4 atom stereocenters. The van der Waals surface area contributed by atoms with Crippen LogP contribution < -0.4 is 0 Å². The first-order chi connectivity index (χ1) is 16.6. The van der Waals surface area contributed by atoms with Gasteiger partial charge in [-0.2, -0.15) is 0 Å². The Morgan fingerprint density at radius 1 is 1.11 bits per heavy atom. The van der Waals surface area contributed by atoms with Crippen LogP contribution in [0.5, 0.6) is 0 Å². The lowest BCUT2D eigenvalue weighted by Gasteiger charge is -2.38. The van der Waals surface area contributed by atoms with Crippen LogP contribution in [0.15, 0.2) is 34.2 Å². The predicted octanol–water partition coefficient (Wildman–Crippen LogP) is 4.52. The van der Waals surface area contributed by atoms with E-state index >= 15 is 0 Å². The summed E-state index contributed by atoms with van der Waals surface area (Å²) in [7, 11) is -3.21. The Kier molecular flexibility index (Phi) is 6.90. The van der Waals surface area contributed by atoms with Crippen molar-refractivity contribution in [2.24, 2.45) is 28.7 Å². The summed E-state index contributed by atoms with van der Waals surface area (Å²) in [5.41, 5.74) is 0.960. The molecule has 1 saturated heterocycles. The second-order valence-corrected chi connectivity index (χ2v) is 14.8. The number of hydrogen-bond acceptors (Lipinski definition) is 5. The Bertz CT molecular complexity index is 1120. The van der Waals surface area contributed by atoms with E-state index in [9.17, 15) is 18.0 Å². The molecule has 35 heavy (non-hydrogen) atoms. The number of carbonyl (C=O) groups is 2. The molecule has 1 aromatic rings. The van der Waals surface area contributed by atoms with E-state index in [-0.39, 0.29) is 17.7 Å². The third-order valence-corrected chi connectivity index (χ3v) is 11.5. The molecule has 2 saturated carbocycles. The highest BCUT2D eigenvalue weighted by molar-refractivity contribution is 8.16. The molecule has 0 spiro atoms. The van der Waals surface area contributed by atoms with Gasteiger partial charge in [0.2, 0.25) is 5.91 Å². The Hall–Kier alpha value is -1.67. The molecule has 8 heteroatoms. The maximum Gasteiger partial charge on any atom is 0.263 e. The summed E-state index contributed by atoms with van der Waals surface area (Å²) in [4.78, 5) is 32.5. The second-order valence-electron chi connectivity index (χ2n) is 11.2. The summed E-state index contributed by atoms with van der Waals surface area (Å²) in [6, 6.07) is 6.78. The van der Waals surface area contributed by atoms with Gasteiger partial charge in [-0.05, 0) is 93.2 Å². The van der Waals surface area contributed by atoms with Crippen LogP contribution >= 0.6 is 11.8 Å². The van der Waals surface area contributed by atoms with Gasteiger partial charge in [-0.3, -0.25) is 9.59 Å². The quantitative estimate of drug-likeness (QED) is 0.532. The van der Waals surface area contributed by atoms with Crippen molar-refractivity contribution in [2.45, 2.75) is 74.4 Å². The number of carbonyl (C=O) groups excluding carboxylic acids is 2. The molecule has 5 rings (SSSR count). The van der Waals surface area contributed by atoms with Crippen LogP contribution in [0.1, 0.15) is 63.9 Å². The third-order valence-electron chi connectivity index (χ3n) is 8.91. The van der Waals surface area contributed by atoms with E-state index in [0.717, 1.165) is 47.6 Å². The molecule has 2 amide bonds. The number of aryl methyl sites for hydroxylation is 1. The molecule has 0 radical (unpaired) electrons. The van der Waals surface area contributed by atoms with Gasteiger partial charge in [0.15, 0.2) is 9.84 Å². The lowest BCUT2D eigenvalue weighted by atomic mass is 9.84. The number of sulfone groups is 1. The molecule has 2 heterocycles. The van der Waals surface area contributed by atoms with Gasteiger partial charge in [0, 0.05) is 25.8 Å². The second kappa shape index (κ2) is 9.66. The minimum absolute atomic E-state index is 0.0305. The maximum absolute atomic E-state index is 13.0. The molecule has 0 N–H and O–H groups in total. The summed E-state index contributed by atoms with van der Waals surface area (Å²) >= 11 is 1.72. The van der Waals surface area contributed by atoms with Crippen LogP contribution in [0.2, 0.25) is 0 Å². The van der Waals surface area contributed by atoms with Gasteiger partial charge in [0.25, 0.3) is 5.91 Å². The molecule has 0 aromatic heterocycles. The minimum atomic E-state index is -3.21. The number of thioether (sulfide) groups is 1. The monoisotopic (exact) mass is 516 g/mol. The molecule has 190 valence electrons. The zero-order valence-electron chi connectivity index (χ0n) is 20.7. The summed E-state index contributed by atoms with van der Waals surface area (Å²) in [6.45, 7) is 3.43. The van der Waals surface area contributed by atoms with Gasteiger partial charge >= 0.3 is 0 Å². The van der Waals surface area contributed by atoms with Crippen molar-refractivity contribution in [1.82, 2.24) is 4.90 Å². The summed E-state index contributed by atoms with van der Waals surface area (Å²) in [6.07, 6.45) is 10.3. The molecule has 4 aliphatic rings. The predicted molar refractivity (Wildman–Crippen MR) is 139 cm³/mol. The molecule has 2 bridgehead atoms. The van der Waals surface area contributed by atoms with Crippen molar-refractivity contribution in [3.8, 4) is 0 Å². The number of amides is 2. The van der Waals surface area contributed by atoms with Crippen LogP contribution in [0.3, 0.4) is 0 Å². The molecule has 2 aliphatic heterocycles. The fourth-order valence-corrected chi connectivity index (χ4v) is 8.81. The van der Waals surface area contributed by atoms with Crippen molar-refractivity contribution < 1.29 is 18.0 Å². The lowest BCUT2D eigenvalue weighted by molar-refractivity contribution is -0.132. The average molecular weight is 517 g/mol. The largest absolute Gasteiger partial charge is 0.343 e. The lowest BCUT2D eigenvalue weighted by Crippen LogP contribution is -2.46. The Labute approximate surface area is 213 Å². The standard InChI is InChI=1S/C27H36N2O4S2/c1-27(26(31)28-24(34-27)17-21-16-19-3-7-20(21)15-19)22-11-13-29(14-12-22)25(30)10-6-18-4-8-23(9-5-18)35(2,32)33/h4-5,8-9,19-22H,3,6-7,10-17H2,1-2H3/t19-,20+,21-,27?/m1/s1. The van der Waals surface area contributed by atoms with Gasteiger partial charge in [0.1, 0.15) is 4.75 Å². The molecule has 2 aliphatic carbocycles. The highest BCUT2D eigenvalue weighted by Gasteiger charge is 2.49. The highest BCUT2D eigenvalue weighted by Crippen LogP contribution is 2.52. The first-order valence-corrected chi connectivity index (χ1v) is 15.7. The van der Waals surface area contributed by atoms with Crippen LogP contribution in [0.25, 0.3) is 0 Å². The average Bonchev–Trinajstić information content (AvgIpc) is 3.52. The van der Waals surface area contributed by atoms with Gasteiger partial charge in [-0.25, -0.2) is 13.4 Å². The van der Waals surface area contributed by atoms with Crippen LogP contribution in [-0.2, 0) is 25.8 Å². The van der Waals surface area contributed by atoms with Crippen molar-refractivity contribution in [2.75, 3.05) is 19.3 Å². The smallest absolute Gasteiger partial charge is 0.263 e. The molecule has 6 nitrogen and oxygen atoms in total. The Morgan fingerprint density at radius 3 is 2.43 bits per heavy atom. The van der Waals surface area contributed by atoms with Crippen molar-refractivity contribution in [3.63, 3.8) is 0 Å². The van der Waals surface area contributed by atoms with E-state index in [4.69, 9.17) is 0 Å². The van der Waals surface area contributed by atoms with E-state index in [2.05, 4.69) is 11.9 Å². The Morgan fingerprint density at radius 2 is 1.83 bits per heavy atom. The fraction of sp³-hybridized carbons (Fsp3) is 0.667. The number of likely N-dealkylation sites (tertiary alicyclic amines) is 1. The van der Waals surface area contributed by atoms with Crippen molar-refractivity contribution >= 4 is 38.5 Å². The van der Waals surface area contributed by atoms with Crippen molar-refractivity contribution in [3.05, 3.63) is 29.8 Å². The number of nitrogens with zero attached hydrogens (tertiary/aromatic N) is 2. The number of hydrogen-bond donors (Lipinski definition) is 0. The first kappa shape index (κ1) is 25.0. The van der Waals surface area contributed by atoms with Crippen LogP contribution in [0, 0.1) is 23.7 Å². The molecular formula is C27H36N2O4S2. The van der Waals surface area contributed by atoms with Gasteiger partial charge < -0.3 is 4.90 Å². The van der Waals surface area contributed by atoms with Gasteiger partial charge in [-0.15, -0.1) is 0 Å². The van der Waals surface area contributed by atoms with Crippen LogP contribution in [0.4, 0.5) is 0 Å². The zero-order chi connectivity index (χ0) is 24.8. The Balaban J connectivity index is 1.09. The first-order valence-electron chi connectivity index (χ1n) is 13.0. The molecule has 1 aromatic carbocycles. The van der Waals surface area contributed by atoms with E-state index in [1.807, 2.05) is 4.90 Å². The molecule has 3 fully saturated rings.